The third-order valence-corrected chi connectivity index (χ3v) is 3.56. The molecule has 0 aliphatic heterocycles. The summed E-state index contributed by atoms with van der Waals surface area (Å²) in [4.78, 5) is 4.34. The SMILES string of the molecule is Oc1cccc(-c2noc(-c3cc(Br)cc(Br)c3)n2)c1. The highest BCUT2D eigenvalue weighted by Crippen LogP contribution is 2.28. The number of aromatic hydroxyl groups is 1. The van der Waals surface area contributed by atoms with E-state index >= 15 is 0 Å². The maximum absolute atomic E-state index is 9.47. The molecule has 3 aromatic rings. The Labute approximate surface area is 131 Å². The van der Waals surface area contributed by atoms with Gasteiger partial charge in [-0.05, 0) is 30.3 Å². The van der Waals surface area contributed by atoms with Crippen LogP contribution in [0, 0.1) is 0 Å². The smallest absolute Gasteiger partial charge is 0.258 e. The van der Waals surface area contributed by atoms with Crippen LogP contribution in [0.3, 0.4) is 0 Å². The fraction of sp³-hybridized carbons (Fsp3) is 0. The van der Waals surface area contributed by atoms with Crippen LogP contribution in [-0.4, -0.2) is 15.2 Å². The van der Waals surface area contributed by atoms with Crippen molar-refractivity contribution in [3.05, 3.63) is 51.4 Å². The zero-order valence-electron chi connectivity index (χ0n) is 10.0. The van der Waals surface area contributed by atoms with Crippen molar-refractivity contribution in [3.8, 4) is 28.6 Å². The first-order valence-electron chi connectivity index (χ1n) is 5.71. The van der Waals surface area contributed by atoms with E-state index in [4.69, 9.17) is 4.52 Å². The molecule has 0 aliphatic carbocycles. The number of hydrogen-bond acceptors (Lipinski definition) is 4. The number of benzene rings is 2. The monoisotopic (exact) mass is 394 g/mol. The summed E-state index contributed by atoms with van der Waals surface area (Å²) in [5, 5.41) is 13.4. The van der Waals surface area contributed by atoms with E-state index in [-0.39, 0.29) is 5.75 Å². The van der Waals surface area contributed by atoms with Gasteiger partial charge in [-0.1, -0.05) is 49.1 Å². The molecule has 6 heteroatoms. The van der Waals surface area contributed by atoms with E-state index in [9.17, 15) is 5.11 Å². The van der Waals surface area contributed by atoms with Crippen LogP contribution in [-0.2, 0) is 0 Å². The van der Waals surface area contributed by atoms with Crippen molar-refractivity contribution in [2.24, 2.45) is 0 Å². The van der Waals surface area contributed by atoms with Crippen molar-refractivity contribution in [1.29, 1.82) is 0 Å². The molecule has 0 fully saturated rings. The quantitative estimate of drug-likeness (QED) is 0.686. The molecule has 100 valence electrons. The van der Waals surface area contributed by atoms with Gasteiger partial charge in [-0.3, -0.25) is 0 Å². The number of phenolic OH excluding ortho intramolecular Hbond substituents is 1. The minimum absolute atomic E-state index is 0.166. The molecule has 3 rings (SSSR count). The molecule has 1 aromatic heterocycles. The van der Waals surface area contributed by atoms with Gasteiger partial charge < -0.3 is 9.63 Å². The van der Waals surface area contributed by atoms with Gasteiger partial charge in [0.2, 0.25) is 5.82 Å². The Balaban J connectivity index is 2.02. The summed E-state index contributed by atoms with van der Waals surface area (Å²) >= 11 is 6.84. The Bertz CT molecular complexity index is 751. The van der Waals surface area contributed by atoms with E-state index in [1.165, 1.54) is 0 Å². The summed E-state index contributed by atoms with van der Waals surface area (Å²) in [6.07, 6.45) is 0. The van der Waals surface area contributed by atoms with E-state index in [0.29, 0.717) is 17.3 Å². The maximum Gasteiger partial charge on any atom is 0.258 e. The molecule has 0 spiro atoms. The first-order chi connectivity index (χ1) is 9.61. The second-order valence-corrected chi connectivity index (χ2v) is 5.96. The molecule has 0 aliphatic rings. The summed E-state index contributed by atoms with van der Waals surface area (Å²) in [6.45, 7) is 0. The fourth-order valence-corrected chi connectivity index (χ4v) is 3.07. The molecule has 0 atom stereocenters. The van der Waals surface area contributed by atoms with Gasteiger partial charge in [-0.2, -0.15) is 4.98 Å². The van der Waals surface area contributed by atoms with Gasteiger partial charge in [0.25, 0.3) is 5.89 Å². The third-order valence-electron chi connectivity index (χ3n) is 2.64. The highest BCUT2D eigenvalue weighted by Gasteiger charge is 2.12. The summed E-state index contributed by atoms with van der Waals surface area (Å²) in [5.41, 5.74) is 1.51. The molecule has 4 nitrogen and oxygen atoms in total. The van der Waals surface area contributed by atoms with E-state index < -0.39 is 0 Å². The average Bonchev–Trinajstić information content (AvgIpc) is 2.87. The van der Waals surface area contributed by atoms with Crippen LogP contribution in [0.25, 0.3) is 22.8 Å². The van der Waals surface area contributed by atoms with Crippen molar-refractivity contribution < 1.29 is 9.63 Å². The number of rotatable bonds is 2. The second-order valence-electron chi connectivity index (χ2n) is 4.13. The summed E-state index contributed by atoms with van der Waals surface area (Å²) < 4.78 is 7.10. The van der Waals surface area contributed by atoms with E-state index in [0.717, 1.165) is 14.5 Å². The lowest BCUT2D eigenvalue weighted by atomic mass is 10.2. The maximum atomic E-state index is 9.47. The van der Waals surface area contributed by atoms with Gasteiger partial charge in [-0.25, -0.2) is 0 Å². The first-order valence-corrected chi connectivity index (χ1v) is 7.30. The zero-order valence-corrected chi connectivity index (χ0v) is 13.2. The van der Waals surface area contributed by atoms with Gasteiger partial charge in [0.1, 0.15) is 5.75 Å². The Morgan fingerprint density at radius 3 is 2.40 bits per heavy atom. The van der Waals surface area contributed by atoms with Crippen molar-refractivity contribution in [1.82, 2.24) is 10.1 Å². The van der Waals surface area contributed by atoms with Crippen LogP contribution in [0.1, 0.15) is 0 Å². The van der Waals surface area contributed by atoms with Gasteiger partial charge in [0, 0.05) is 20.1 Å². The largest absolute Gasteiger partial charge is 0.508 e. The standard InChI is InChI=1S/C14H8Br2N2O2/c15-10-4-9(5-11(16)7-10)14-17-13(18-20-14)8-2-1-3-12(19)6-8/h1-7,19H. The normalized spacial score (nSPS) is 10.7. The molecule has 1 heterocycles. The van der Waals surface area contributed by atoms with Crippen LogP contribution in [0.2, 0.25) is 0 Å². The van der Waals surface area contributed by atoms with Crippen LogP contribution < -0.4 is 0 Å². The third kappa shape index (κ3) is 2.76. The molecule has 0 saturated heterocycles. The summed E-state index contributed by atoms with van der Waals surface area (Å²) in [5.74, 6) is 1.02. The van der Waals surface area contributed by atoms with Crippen LogP contribution >= 0.6 is 31.9 Å². The van der Waals surface area contributed by atoms with E-state index in [1.807, 2.05) is 24.3 Å². The molecule has 0 saturated carbocycles. The molecule has 0 bridgehead atoms. The van der Waals surface area contributed by atoms with E-state index in [1.54, 1.807) is 18.2 Å². The highest BCUT2D eigenvalue weighted by molar-refractivity contribution is 9.11. The van der Waals surface area contributed by atoms with Gasteiger partial charge in [-0.15, -0.1) is 0 Å². The molecule has 0 unspecified atom stereocenters. The topological polar surface area (TPSA) is 59.2 Å². The average molecular weight is 396 g/mol. The van der Waals surface area contributed by atoms with E-state index in [2.05, 4.69) is 42.0 Å². The second kappa shape index (κ2) is 5.38. The predicted molar refractivity (Wildman–Crippen MR) is 82.2 cm³/mol. The highest BCUT2D eigenvalue weighted by atomic mass is 79.9. The first kappa shape index (κ1) is 13.3. The Morgan fingerprint density at radius 1 is 0.950 bits per heavy atom. The molecular formula is C14H8Br2N2O2. The minimum Gasteiger partial charge on any atom is -0.508 e. The number of hydrogen-bond donors (Lipinski definition) is 1. The predicted octanol–water partition coefficient (Wildman–Crippen LogP) is 4.63. The fourth-order valence-electron chi connectivity index (χ4n) is 1.78. The van der Waals surface area contributed by atoms with Crippen LogP contribution in [0.5, 0.6) is 5.75 Å². The molecule has 0 radical (unpaired) electrons. The van der Waals surface area contributed by atoms with Crippen LogP contribution in [0.4, 0.5) is 0 Å². The molecule has 2 aromatic carbocycles. The van der Waals surface area contributed by atoms with Crippen molar-refractivity contribution in [3.63, 3.8) is 0 Å². The zero-order chi connectivity index (χ0) is 14.1. The van der Waals surface area contributed by atoms with Crippen molar-refractivity contribution in [2.75, 3.05) is 0 Å². The van der Waals surface area contributed by atoms with Gasteiger partial charge >= 0.3 is 0 Å². The lowest BCUT2D eigenvalue weighted by Crippen LogP contribution is -1.81. The van der Waals surface area contributed by atoms with Crippen molar-refractivity contribution >= 4 is 31.9 Å². The molecular weight excluding hydrogens is 388 g/mol. The summed E-state index contributed by atoms with van der Waals surface area (Å²) in [6, 6.07) is 12.4. The number of nitrogens with zero attached hydrogens (tertiary/aromatic N) is 2. The van der Waals surface area contributed by atoms with Gasteiger partial charge in [0.15, 0.2) is 0 Å². The number of halogens is 2. The minimum atomic E-state index is 0.166. The van der Waals surface area contributed by atoms with Crippen molar-refractivity contribution in [2.45, 2.75) is 0 Å². The Kier molecular flexibility index (Phi) is 3.58. The van der Waals surface area contributed by atoms with Crippen LogP contribution in [0.15, 0.2) is 55.9 Å². The lowest BCUT2D eigenvalue weighted by Gasteiger charge is -1.97. The van der Waals surface area contributed by atoms with Gasteiger partial charge in [0.05, 0.1) is 0 Å². The molecule has 1 N–H and O–H groups in total. The Hall–Kier alpha value is -1.66. The Morgan fingerprint density at radius 2 is 1.70 bits per heavy atom. The molecule has 0 amide bonds. The number of aromatic nitrogens is 2. The molecule has 20 heavy (non-hydrogen) atoms. The summed E-state index contributed by atoms with van der Waals surface area (Å²) in [7, 11) is 0. The number of phenols is 1. The lowest BCUT2D eigenvalue weighted by molar-refractivity contribution is 0.432.